The minimum atomic E-state index is -0.0726. The van der Waals surface area contributed by atoms with Crippen LogP contribution in [0.15, 0.2) is 46.9 Å². The Morgan fingerprint density at radius 2 is 1.81 bits per heavy atom. The van der Waals surface area contributed by atoms with Crippen LogP contribution in [0.5, 0.6) is 0 Å². The summed E-state index contributed by atoms with van der Waals surface area (Å²) in [5, 5.41) is 2.94. The Labute approximate surface area is 133 Å². The van der Waals surface area contributed by atoms with Gasteiger partial charge in [-0.05, 0) is 58.6 Å². The summed E-state index contributed by atoms with van der Waals surface area (Å²) in [6.07, 6.45) is 0.878. The van der Waals surface area contributed by atoms with Crippen LogP contribution in [-0.4, -0.2) is 12.5 Å². The first-order chi connectivity index (χ1) is 10.1. The van der Waals surface area contributed by atoms with Gasteiger partial charge in [-0.2, -0.15) is 0 Å². The molecule has 1 amide bonds. The minimum Gasteiger partial charge on any atom is -0.348 e. The summed E-state index contributed by atoms with van der Waals surface area (Å²) >= 11 is 3.46. The zero-order valence-corrected chi connectivity index (χ0v) is 13.6. The number of rotatable bonds is 5. The zero-order valence-electron chi connectivity index (χ0n) is 12.0. The molecule has 0 bridgehead atoms. The molecule has 0 saturated heterocycles. The highest BCUT2D eigenvalue weighted by molar-refractivity contribution is 9.10. The molecule has 0 saturated carbocycles. The van der Waals surface area contributed by atoms with E-state index in [9.17, 15) is 4.79 Å². The lowest BCUT2D eigenvalue weighted by Crippen LogP contribution is -2.23. The number of hydrogen-bond donors (Lipinski definition) is 2. The average molecular weight is 347 g/mol. The molecular formula is C17H19BrN2O. The molecule has 0 aromatic heterocycles. The SMILES string of the molecule is Cc1cccc(C(=O)NCc2ccc(CCN)cc2)c1Br. The zero-order chi connectivity index (χ0) is 15.2. The fraction of sp³-hybridized carbons (Fsp3) is 0.235. The fourth-order valence-electron chi connectivity index (χ4n) is 2.09. The van der Waals surface area contributed by atoms with E-state index in [4.69, 9.17) is 5.73 Å². The van der Waals surface area contributed by atoms with Crippen LogP contribution in [0.4, 0.5) is 0 Å². The van der Waals surface area contributed by atoms with Gasteiger partial charge in [0, 0.05) is 11.0 Å². The Kier molecular flexibility index (Phi) is 5.53. The molecule has 0 unspecified atom stereocenters. The van der Waals surface area contributed by atoms with Gasteiger partial charge >= 0.3 is 0 Å². The highest BCUT2D eigenvalue weighted by Gasteiger charge is 2.10. The molecule has 3 N–H and O–H groups in total. The normalized spacial score (nSPS) is 10.4. The number of carbonyl (C=O) groups excluding carboxylic acids is 1. The van der Waals surface area contributed by atoms with Crippen molar-refractivity contribution >= 4 is 21.8 Å². The van der Waals surface area contributed by atoms with Crippen LogP contribution >= 0.6 is 15.9 Å². The Balaban J connectivity index is 1.99. The van der Waals surface area contributed by atoms with Crippen LogP contribution in [0.25, 0.3) is 0 Å². The second kappa shape index (κ2) is 7.38. The maximum atomic E-state index is 12.2. The second-order valence-corrected chi connectivity index (χ2v) is 5.77. The van der Waals surface area contributed by atoms with Crippen LogP contribution < -0.4 is 11.1 Å². The summed E-state index contributed by atoms with van der Waals surface area (Å²) in [7, 11) is 0. The summed E-state index contributed by atoms with van der Waals surface area (Å²) in [6, 6.07) is 13.8. The molecule has 0 aliphatic rings. The number of halogens is 1. The molecule has 0 fully saturated rings. The van der Waals surface area contributed by atoms with Crippen LogP contribution in [-0.2, 0) is 13.0 Å². The first kappa shape index (κ1) is 15.7. The van der Waals surface area contributed by atoms with E-state index in [2.05, 4.69) is 33.4 Å². The number of benzene rings is 2. The summed E-state index contributed by atoms with van der Waals surface area (Å²) in [6.45, 7) is 3.14. The van der Waals surface area contributed by atoms with Gasteiger partial charge in [0.15, 0.2) is 0 Å². The van der Waals surface area contributed by atoms with Gasteiger partial charge in [-0.15, -0.1) is 0 Å². The average Bonchev–Trinajstić information content (AvgIpc) is 2.49. The highest BCUT2D eigenvalue weighted by atomic mass is 79.9. The number of nitrogens with two attached hydrogens (primary N) is 1. The Morgan fingerprint density at radius 3 is 2.48 bits per heavy atom. The molecule has 21 heavy (non-hydrogen) atoms. The van der Waals surface area contributed by atoms with E-state index in [0.29, 0.717) is 18.7 Å². The van der Waals surface area contributed by atoms with Crippen LogP contribution in [0, 0.1) is 6.92 Å². The van der Waals surface area contributed by atoms with Gasteiger partial charge in [-0.1, -0.05) is 36.4 Å². The van der Waals surface area contributed by atoms with Crippen LogP contribution in [0.1, 0.15) is 27.0 Å². The number of aryl methyl sites for hydroxylation is 1. The van der Waals surface area contributed by atoms with Crippen molar-refractivity contribution in [3.8, 4) is 0 Å². The van der Waals surface area contributed by atoms with Crippen molar-refractivity contribution in [3.63, 3.8) is 0 Å². The lowest BCUT2D eigenvalue weighted by Gasteiger charge is -2.09. The predicted molar refractivity (Wildman–Crippen MR) is 89.2 cm³/mol. The number of amides is 1. The van der Waals surface area contributed by atoms with Crippen molar-refractivity contribution in [1.82, 2.24) is 5.32 Å². The number of hydrogen-bond acceptors (Lipinski definition) is 2. The van der Waals surface area contributed by atoms with E-state index < -0.39 is 0 Å². The number of carbonyl (C=O) groups is 1. The molecule has 0 radical (unpaired) electrons. The van der Waals surface area contributed by atoms with Gasteiger partial charge in [-0.3, -0.25) is 4.79 Å². The van der Waals surface area contributed by atoms with Gasteiger partial charge in [0.25, 0.3) is 5.91 Å². The van der Waals surface area contributed by atoms with Gasteiger partial charge in [0.2, 0.25) is 0 Å². The quantitative estimate of drug-likeness (QED) is 0.873. The molecule has 0 atom stereocenters. The second-order valence-electron chi connectivity index (χ2n) is 4.97. The lowest BCUT2D eigenvalue weighted by atomic mass is 10.1. The summed E-state index contributed by atoms with van der Waals surface area (Å²) in [4.78, 5) is 12.2. The van der Waals surface area contributed by atoms with E-state index in [1.807, 2.05) is 37.3 Å². The fourth-order valence-corrected chi connectivity index (χ4v) is 2.54. The van der Waals surface area contributed by atoms with E-state index in [1.54, 1.807) is 0 Å². The molecular weight excluding hydrogens is 328 g/mol. The standard InChI is InChI=1S/C17H19BrN2O/c1-12-3-2-4-15(16(12)18)17(21)20-11-14-7-5-13(6-8-14)9-10-19/h2-8H,9-11,19H2,1H3,(H,20,21). The number of nitrogens with one attached hydrogen (secondary N) is 1. The molecule has 0 aliphatic heterocycles. The highest BCUT2D eigenvalue weighted by Crippen LogP contribution is 2.20. The van der Waals surface area contributed by atoms with Crippen molar-refractivity contribution in [3.05, 3.63) is 69.2 Å². The van der Waals surface area contributed by atoms with Crippen molar-refractivity contribution in [2.45, 2.75) is 19.9 Å². The molecule has 2 aromatic carbocycles. The van der Waals surface area contributed by atoms with Crippen molar-refractivity contribution in [2.75, 3.05) is 6.54 Å². The largest absolute Gasteiger partial charge is 0.348 e. The van der Waals surface area contributed by atoms with Crippen molar-refractivity contribution < 1.29 is 4.79 Å². The van der Waals surface area contributed by atoms with Crippen LogP contribution in [0.2, 0.25) is 0 Å². The Hall–Kier alpha value is -1.65. The molecule has 110 valence electrons. The molecule has 0 spiro atoms. The minimum absolute atomic E-state index is 0.0726. The molecule has 0 heterocycles. The van der Waals surface area contributed by atoms with Gasteiger partial charge in [0.1, 0.15) is 0 Å². The maximum absolute atomic E-state index is 12.2. The van der Waals surface area contributed by atoms with E-state index in [1.165, 1.54) is 5.56 Å². The third-order valence-corrected chi connectivity index (χ3v) is 4.40. The molecule has 2 aromatic rings. The Bertz CT molecular complexity index is 623. The summed E-state index contributed by atoms with van der Waals surface area (Å²) in [5.74, 6) is -0.0726. The molecule has 0 aliphatic carbocycles. The van der Waals surface area contributed by atoms with E-state index >= 15 is 0 Å². The van der Waals surface area contributed by atoms with Crippen molar-refractivity contribution in [1.29, 1.82) is 0 Å². The van der Waals surface area contributed by atoms with Crippen LogP contribution in [0.3, 0.4) is 0 Å². The van der Waals surface area contributed by atoms with E-state index in [-0.39, 0.29) is 5.91 Å². The topological polar surface area (TPSA) is 55.1 Å². The van der Waals surface area contributed by atoms with Gasteiger partial charge < -0.3 is 11.1 Å². The maximum Gasteiger partial charge on any atom is 0.252 e. The van der Waals surface area contributed by atoms with E-state index in [0.717, 1.165) is 22.0 Å². The summed E-state index contributed by atoms with van der Waals surface area (Å²) in [5.41, 5.74) is 9.53. The third-order valence-electron chi connectivity index (χ3n) is 3.35. The summed E-state index contributed by atoms with van der Waals surface area (Å²) < 4.78 is 0.848. The molecule has 3 nitrogen and oxygen atoms in total. The van der Waals surface area contributed by atoms with Gasteiger partial charge in [0.05, 0.1) is 5.56 Å². The van der Waals surface area contributed by atoms with Crippen molar-refractivity contribution in [2.24, 2.45) is 5.73 Å². The first-order valence-corrected chi connectivity index (χ1v) is 7.72. The third kappa shape index (κ3) is 4.16. The monoisotopic (exact) mass is 346 g/mol. The molecule has 2 rings (SSSR count). The lowest BCUT2D eigenvalue weighted by molar-refractivity contribution is 0.0950. The first-order valence-electron chi connectivity index (χ1n) is 6.93. The smallest absolute Gasteiger partial charge is 0.252 e. The van der Waals surface area contributed by atoms with Gasteiger partial charge in [-0.25, -0.2) is 0 Å². The predicted octanol–water partition coefficient (Wildman–Crippen LogP) is 3.19. The Morgan fingerprint density at radius 1 is 1.14 bits per heavy atom. The molecule has 4 heteroatoms.